The molecule has 1 aromatic carbocycles. The van der Waals surface area contributed by atoms with Crippen LogP contribution in [0, 0.1) is 0 Å². The van der Waals surface area contributed by atoms with Crippen molar-refractivity contribution in [2.24, 2.45) is 0 Å². The maximum absolute atomic E-state index is 3.56. The van der Waals surface area contributed by atoms with E-state index in [0.29, 0.717) is 0 Å². The van der Waals surface area contributed by atoms with Crippen LogP contribution in [0.25, 0.3) is 8.96 Å². The summed E-state index contributed by atoms with van der Waals surface area (Å²) in [5.41, 5.74) is 2.42. The second kappa shape index (κ2) is 4.28. The third-order valence-corrected chi connectivity index (χ3v) is 3.42. The first-order valence-electron chi connectivity index (χ1n) is 4.28. The summed E-state index contributed by atoms with van der Waals surface area (Å²) in [5, 5.41) is 0. The number of hydrogen-bond donors (Lipinski definition) is 0. The summed E-state index contributed by atoms with van der Waals surface area (Å²) in [6.45, 7) is 0. The van der Waals surface area contributed by atoms with Crippen molar-refractivity contribution in [3.63, 3.8) is 0 Å². The normalized spacial score (nSPS) is 24.7. The van der Waals surface area contributed by atoms with Gasteiger partial charge in [0.2, 0.25) is 0 Å². The molecule has 0 aromatic heterocycles. The smallest absolute Gasteiger partial charge is 0.0254 e. The summed E-state index contributed by atoms with van der Waals surface area (Å²) >= 11 is 7.12. The van der Waals surface area contributed by atoms with Gasteiger partial charge in [0.15, 0.2) is 0 Å². The number of rotatable bonds is 0. The van der Waals surface area contributed by atoms with Crippen LogP contribution in [0.5, 0.6) is 0 Å². The summed E-state index contributed by atoms with van der Waals surface area (Å²) in [4.78, 5) is 0. The summed E-state index contributed by atoms with van der Waals surface area (Å²) < 4.78 is 2.21. The van der Waals surface area contributed by atoms with Gasteiger partial charge in [0, 0.05) is 8.96 Å². The molecule has 14 heavy (non-hydrogen) atoms. The van der Waals surface area contributed by atoms with E-state index in [0.717, 1.165) is 8.96 Å². The molecule has 0 spiro atoms. The molecular weight excluding hydrogens is 304 g/mol. The fraction of sp³-hybridized carbons (Fsp3) is 0. The molecule has 0 amide bonds. The summed E-state index contributed by atoms with van der Waals surface area (Å²) in [6.07, 6.45) is 8.13. The van der Waals surface area contributed by atoms with Crippen molar-refractivity contribution in [1.29, 1.82) is 0 Å². The highest BCUT2D eigenvalue weighted by Gasteiger charge is 2.07. The number of allylic oxidation sites excluding steroid dienone is 4. The zero-order valence-electron chi connectivity index (χ0n) is 7.37. The molecule has 0 unspecified atom stereocenters. The molecule has 2 heteroatoms. The van der Waals surface area contributed by atoms with Crippen LogP contribution < -0.4 is 0 Å². The highest BCUT2D eigenvalue weighted by atomic mass is 79.9. The monoisotopic (exact) mass is 310 g/mol. The van der Waals surface area contributed by atoms with E-state index < -0.39 is 0 Å². The Bertz CT molecular complexity index is 398. The van der Waals surface area contributed by atoms with Crippen molar-refractivity contribution < 1.29 is 0 Å². The number of benzene rings is 1. The van der Waals surface area contributed by atoms with Crippen molar-refractivity contribution in [3.8, 4) is 0 Å². The second-order valence-corrected chi connectivity index (χ2v) is 4.67. The molecule has 1 aromatic rings. The molecule has 70 valence electrons. The van der Waals surface area contributed by atoms with E-state index in [4.69, 9.17) is 0 Å². The predicted octanol–water partition coefficient (Wildman–Crippen LogP) is 4.73. The van der Waals surface area contributed by atoms with E-state index in [1.54, 1.807) is 0 Å². The Hall–Kier alpha value is -0.600. The van der Waals surface area contributed by atoms with E-state index in [-0.39, 0.29) is 0 Å². The molecule has 0 saturated heterocycles. The summed E-state index contributed by atoms with van der Waals surface area (Å²) in [7, 11) is 0. The van der Waals surface area contributed by atoms with Crippen LogP contribution in [-0.4, -0.2) is 0 Å². The maximum Gasteiger partial charge on any atom is 0.0254 e. The number of halogens is 2. The minimum Gasteiger partial charge on any atom is -0.0616 e. The lowest BCUT2D eigenvalue weighted by molar-refractivity contribution is 1.59. The molecule has 0 heterocycles. The first-order chi connectivity index (χ1) is 6.79. The lowest BCUT2D eigenvalue weighted by Crippen LogP contribution is -1.86. The van der Waals surface area contributed by atoms with Crippen LogP contribution in [0.2, 0.25) is 0 Å². The predicted molar refractivity (Wildman–Crippen MR) is 69.4 cm³/mol. The Kier molecular flexibility index (Phi) is 3.04. The van der Waals surface area contributed by atoms with Crippen molar-refractivity contribution in [2.45, 2.75) is 0 Å². The van der Waals surface area contributed by atoms with E-state index in [9.17, 15) is 0 Å². The zero-order chi connectivity index (χ0) is 9.97. The van der Waals surface area contributed by atoms with Gasteiger partial charge >= 0.3 is 0 Å². The van der Waals surface area contributed by atoms with Crippen molar-refractivity contribution >= 4 is 40.8 Å². The first-order valence-corrected chi connectivity index (χ1v) is 5.87. The molecule has 0 aliphatic heterocycles. The molecular formula is C12H8Br2. The minimum atomic E-state index is 1.11. The van der Waals surface area contributed by atoms with Gasteiger partial charge in [-0.3, -0.25) is 0 Å². The van der Waals surface area contributed by atoms with Gasteiger partial charge in [-0.2, -0.15) is 0 Å². The largest absolute Gasteiger partial charge is 0.0616 e. The Labute approximate surface area is 100 Å². The van der Waals surface area contributed by atoms with E-state index in [1.165, 1.54) is 11.1 Å². The third-order valence-electron chi connectivity index (χ3n) is 2.04. The average molecular weight is 312 g/mol. The highest BCUT2D eigenvalue weighted by Crippen LogP contribution is 2.33. The Morgan fingerprint density at radius 2 is 1.14 bits per heavy atom. The van der Waals surface area contributed by atoms with Crippen LogP contribution in [0.15, 0.2) is 48.6 Å². The maximum atomic E-state index is 3.56. The SMILES string of the molecule is Br/C1=C/C=C\C=C(\Br)c2ccccc21. The van der Waals surface area contributed by atoms with Crippen LogP contribution in [0.3, 0.4) is 0 Å². The van der Waals surface area contributed by atoms with Crippen molar-refractivity contribution in [3.05, 3.63) is 59.7 Å². The van der Waals surface area contributed by atoms with Gasteiger partial charge < -0.3 is 0 Å². The topological polar surface area (TPSA) is 0 Å². The summed E-state index contributed by atoms with van der Waals surface area (Å²) in [6, 6.07) is 8.29. The Balaban J connectivity index is 2.67. The molecule has 0 atom stereocenters. The van der Waals surface area contributed by atoms with Gasteiger partial charge in [0.25, 0.3) is 0 Å². The quantitative estimate of drug-likeness (QED) is 0.650. The van der Waals surface area contributed by atoms with E-state index >= 15 is 0 Å². The first kappa shape index (κ1) is 9.94. The minimum absolute atomic E-state index is 1.11. The third kappa shape index (κ3) is 1.91. The van der Waals surface area contributed by atoms with Gasteiger partial charge in [-0.05, 0) is 23.3 Å². The lowest BCUT2D eigenvalue weighted by atomic mass is 10.1. The number of fused-ring (bicyclic) bond motifs is 1. The van der Waals surface area contributed by atoms with Crippen LogP contribution >= 0.6 is 31.9 Å². The standard InChI is InChI=1S/C12H8Br2/c13-11-7-3-4-8-12(14)10-6-2-1-5-9(10)11/h1-8H/b4-3-,7-3?,8-4?,11-7+,11-9?,12-8+,12-10?. The second-order valence-electron chi connectivity index (χ2n) is 2.96. The lowest BCUT2D eigenvalue weighted by Gasteiger charge is -2.08. The zero-order valence-corrected chi connectivity index (χ0v) is 10.5. The van der Waals surface area contributed by atoms with Crippen LogP contribution in [-0.2, 0) is 0 Å². The van der Waals surface area contributed by atoms with Gasteiger partial charge in [-0.25, -0.2) is 0 Å². The molecule has 0 nitrogen and oxygen atoms in total. The molecule has 0 bridgehead atoms. The van der Waals surface area contributed by atoms with Gasteiger partial charge in [0.05, 0.1) is 0 Å². The molecule has 2 rings (SSSR count). The average Bonchev–Trinajstić information content (AvgIpc) is 2.22. The van der Waals surface area contributed by atoms with Crippen LogP contribution in [0.1, 0.15) is 11.1 Å². The number of hydrogen-bond acceptors (Lipinski definition) is 0. The van der Waals surface area contributed by atoms with E-state index in [1.807, 2.05) is 24.3 Å². The molecule has 0 N–H and O–H groups in total. The fourth-order valence-corrected chi connectivity index (χ4v) is 2.36. The molecule has 0 radical (unpaired) electrons. The van der Waals surface area contributed by atoms with Gasteiger partial charge in [-0.1, -0.05) is 68.3 Å². The van der Waals surface area contributed by atoms with Crippen molar-refractivity contribution in [1.82, 2.24) is 0 Å². The Morgan fingerprint density at radius 3 is 1.57 bits per heavy atom. The van der Waals surface area contributed by atoms with Crippen LogP contribution in [0.4, 0.5) is 0 Å². The molecule has 0 saturated carbocycles. The fourth-order valence-electron chi connectivity index (χ4n) is 1.36. The molecule has 1 aliphatic rings. The van der Waals surface area contributed by atoms with E-state index in [2.05, 4.69) is 56.1 Å². The summed E-state index contributed by atoms with van der Waals surface area (Å²) in [5.74, 6) is 0. The highest BCUT2D eigenvalue weighted by molar-refractivity contribution is 9.15. The van der Waals surface area contributed by atoms with Crippen molar-refractivity contribution in [2.75, 3.05) is 0 Å². The van der Waals surface area contributed by atoms with Gasteiger partial charge in [0.1, 0.15) is 0 Å². The Morgan fingerprint density at radius 1 is 0.714 bits per heavy atom. The van der Waals surface area contributed by atoms with Gasteiger partial charge in [-0.15, -0.1) is 0 Å². The molecule has 1 aliphatic carbocycles. The molecule has 0 fully saturated rings.